The number of ether oxygens (including phenoxy) is 1. The Hall–Kier alpha value is -2.96. The second-order valence-electron chi connectivity index (χ2n) is 6.46. The summed E-state index contributed by atoms with van der Waals surface area (Å²) >= 11 is 0. The van der Waals surface area contributed by atoms with E-state index in [1.807, 2.05) is 11.8 Å². The van der Waals surface area contributed by atoms with Crippen molar-refractivity contribution >= 4 is 23.5 Å². The number of para-hydroxylation sites is 1. The average Bonchev–Trinajstić information content (AvgIpc) is 2.68. The van der Waals surface area contributed by atoms with E-state index in [2.05, 4.69) is 15.3 Å². The third kappa shape index (κ3) is 4.61. The van der Waals surface area contributed by atoms with Crippen LogP contribution < -0.4 is 5.32 Å². The van der Waals surface area contributed by atoms with E-state index >= 15 is 0 Å². The number of aryl methyl sites for hydroxylation is 1. The van der Waals surface area contributed by atoms with Crippen LogP contribution in [0.4, 0.5) is 11.6 Å². The Balaban J connectivity index is 1.85. The van der Waals surface area contributed by atoms with E-state index in [0.717, 1.165) is 32.4 Å². The van der Waals surface area contributed by atoms with Crippen LogP contribution in [0.2, 0.25) is 0 Å². The topological polar surface area (TPSA) is 84.4 Å². The monoisotopic (exact) mass is 368 g/mol. The minimum absolute atomic E-state index is 0.0815. The first-order valence-electron chi connectivity index (χ1n) is 9.26. The Morgan fingerprint density at radius 2 is 1.89 bits per heavy atom. The van der Waals surface area contributed by atoms with E-state index in [9.17, 15) is 9.59 Å². The molecule has 1 fully saturated rings. The quantitative estimate of drug-likeness (QED) is 0.815. The zero-order valence-corrected chi connectivity index (χ0v) is 15.7. The maximum atomic E-state index is 12.8. The van der Waals surface area contributed by atoms with E-state index < -0.39 is 5.97 Å². The molecule has 0 bridgehead atoms. The molecule has 0 spiro atoms. The molecule has 142 valence electrons. The first kappa shape index (κ1) is 18.8. The van der Waals surface area contributed by atoms with E-state index in [4.69, 9.17) is 4.74 Å². The molecule has 1 aromatic heterocycles. The molecular weight excluding hydrogens is 344 g/mol. The molecule has 1 aliphatic heterocycles. The Morgan fingerprint density at radius 1 is 1.15 bits per heavy atom. The van der Waals surface area contributed by atoms with E-state index in [-0.39, 0.29) is 11.9 Å². The summed E-state index contributed by atoms with van der Waals surface area (Å²) in [5, 5.41) is 3.06. The number of nitrogens with one attached hydrogen (secondary N) is 1. The summed E-state index contributed by atoms with van der Waals surface area (Å²) in [6.45, 7) is 5.39. The highest BCUT2D eigenvalue weighted by Gasteiger charge is 2.21. The molecule has 2 heterocycles. The van der Waals surface area contributed by atoms with Crippen molar-refractivity contribution < 1.29 is 14.3 Å². The van der Waals surface area contributed by atoms with Crippen molar-refractivity contribution in [1.82, 2.24) is 14.9 Å². The molecular formula is C20H24N4O3. The first-order valence-corrected chi connectivity index (χ1v) is 9.26. The highest BCUT2D eigenvalue weighted by Crippen LogP contribution is 2.21. The zero-order chi connectivity index (χ0) is 19.2. The Labute approximate surface area is 158 Å². The molecule has 0 atom stereocenters. The number of anilines is 2. The molecule has 27 heavy (non-hydrogen) atoms. The number of rotatable bonds is 5. The lowest BCUT2D eigenvalue weighted by Gasteiger charge is -2.26. The van der Waals surface area contributed by atoms with Crippen LogP contribution in [0.3, 0.4) is 0 Å². The van der Waals surface area contributed by atoms with Gasteiger partial charge in [0.2, 0.25) is 5.95 Å². The van der Waals surface area contributed by atoms with Gasteiger partial charge in [-0.05, 0) is 51.3 Å². The number of esters is 1. The third-order valence-electron chi connectivity index (χ3n) is 4.39. The van der Waals surface area contributed by atoms with Gasteiger partial charge in [-0.2, -0.15) is 0 Å². The summed E-state index contributed by atoms with van der Waals surface area (Å²) in [7, 11) is 0. The van der Waals surface area contributed by atoms with Gasteiger partial charge in [0.15, 0.2) is 0 Å². The van der Waals surface area contributed by atoms with E-state index in [0.29, 0.717) is 29.2 Å². The average molecular weight is 368 g/mol. The van der Waals surface area contributed by atoms with Crippen molar-refractivity contribution in [3.63, 3.8) is 0 Å². The molecule has 1 aliphatic rings. The number of piperidine rings is 1. The van der Waals surface area contributed by atoms with Crippen molar-refractivity contribution in [3.05, 3.63) is 47.3 Å². The van der Waals surface area contributed by atoms with Gasteiger partial charge >= 0.3 is 5.97 Å². The summed E-state index contributed by atoms with van der Waals surface area (Å²) in [6.07, 6.45) is 3.20. The SMILES string of the molecule is CCOC(=O)c1ccccc1Nc1nc(C)cc(C(=O)N2CCCCC2)n1. The zero-order valence-electron chi connectivity index (χ0n) is 15.7. The molecule has 0 aliphatic carbocycles. The summed E-state index contributed by atoms with van der Waals surface area (Å²) in [5.74, 6) is -0.216. The van der Waals surface area contributed by atoms with Crippen molar-refractivity contribution in [1.29, 1.82) is 0 Å². The number of benzene rings is 1. The van der Waals surface area contributed by atoms with Crippen LogP contribution in [-0.2, 0) is 4.74 Å². The van der Waals surface area contributed by atoms with Crippen LogP contribution in [0.1, 0.15) is 52.7 Å². The summed E-state index contributed by atoms with van der Waals surface area (Å²) in [5.41, 5.74) is 1.98. The van der Waals surface area contributed by atoms with Crippen molar-refractivity contribution in [2.75, 3.05) is 25.0 Å². The number of carbonyl (C=O) groups is 2. The van der Waals surface area contributed by atoms with Gasteiger partial charge in [0.25, 0.3) is 5.91 Å². The summed E-state index contributed by atoms with van der Waals surface area (Å²) < 4.78 is 5.09. The van der Waals surface area contributed by atoms with Gasteiger partial charge in [-0.1, -0.05) is 12.1 Å². The Kier molecular flexibility index (Phi) is 6.01. The van der Waals surface area contributed by atoms with E-state index in [1.165, 1.54) is 0 Å². The molecule has 1 amide bonds. The molecule has 2 aromatic rings. The Bertz CT molecular complexity index is 832. The van der Waals surface area contributed by atoms with Crippen LogP contribution in [0.5, 0.6) is 0 Å². The number of aromatic nitrogens is 2. The van der Waals surface area contributed by atoms with Crippen molar-refractivity contribution in [2.45, 2.75) is 33.1 Å². The fourth-order valence-electron chi connectivity index (χ4n) is 3.09. The number of carbonyl (C=O) groups excluding carboxylic acids is 2. The van der Waals surface area contributed by atoms with Gasteiger partial charge in [0, 0.05) is 18.8 Å². The normalized spacial score (nSPS) is 13.9. The highest BCUT2D eigenvalue weighted by atomic mass is 16.5. The van der Waals surface area contributed by atoms with Gasteiger partial charge in [-0.25, -0.2) is 14.8 Å². The second kappa shape index (κ2) is 8.62. The predicted octanol–water partition coefficient (Wildman–Crippen LogP) is 3.33. The molecule has 3 rings (SSSR count). The Morgan fingerprint density at radius 3 is 2.63 bits per heavy atom. The van der Waals surface area contributed by atoms with Crippen LogP contribution in [0, 0.1) is 6.92 Å². The number of hydrogen-bond acceptors (Lipinski definition) is 6. The highest BCUT2D eigenvalue weighted by molar-refractivity contribution is 5.96. The van der Waals surface area contributed by atoms with Crippen molar-refractivity contribution in [3.8, 4) is 0 Å². The maximum absolute atomic E-state index is 12.8. The summed E-state index contributed by atoms with van der Waals surface area (Å²) in [4.78, 5) is 35.5. The fraction of sp³-hybridized carbons (Fsp3) is 0.400. The second-order valence-corrected chi connectivity index (χ2v) is 6.46. The van der Waals surface area contributed by atoms with Gasteiger partial charge in [0.1, 0.15) is 5.69 Å². The first-order chi connectivity index (χ1) is 13.1. The van der Waals surface area contributed by atoms with Gasteiger partial charge in [-0.3, -0.25) is 4.79 Å². The largest absolute Gasteiger partial charge is 0.462 e. The maximum Gasteiger partial charge on any atom is 0.340 e. The van der Waals surface area contributed by atoms with Crippen LogP contribution in [0.15, 0.2) is 30.3 Å². The van der Waals surface area contributed by atoms with E-state index in [1.54, 1.807) is 37.3 Å². The number of nitrogens with zero attached hydrogens (tertiary/aromatic N) is 3. The number of amides is 1. The lowest BCUT2D eigenvalue weighted by molar-refractivity contribution is 0.0527. The molecule has 0 unspecified atom stereocenters. The minimum Gasteiger partial charge on any atom is -0.462 e. The van der Waals surface area contributed by atoms with Crippen molar-refractivity contribution in [2.24, 2.45) is 0 Å². The molecule has 1 N–H and O–H groups in total. The molecule has 0 saturated carbocycles. The molecule has 7 nitrogen and oxygen atoms in total. The smallest absolute Gasteiger partial charge is 0.340 e. The number of likely N-dealkylation sites (tertiary alicyclic amines) is 1. The predicted molar refractivity (Wildman–Crippen MR) is 102 cm³/mol. The lowest BCUT2D eigenvalue weighted by Crippen LogP contribution is -2.36. The van der Waals surface area contributed by atoms with Gasteiger partial charge < -0.3 is 15.0 Å². The minimum atomic E-state index is -0.419. The van der Waals surface area contributed by atoms with Crippen LogP contribution >= 0.6 is 0 Å². The van der Waals surface area contributed by atoms with Gasteiger partial charge in [-0.15, -0.1) is 0 Å². The van der Waals surface area contributed by atoms with Crippen LogP contribution in [0.25, 0.3) is 0 Å². The lowest BCUT2D eigenvalue weighted by atomic mass is 10.1. The molecule has 0 radical (unpaired) electrons. The molecule has 1 saturated heterocycles. The molecule has 7 heteroatoms. The molecule has 1 aromatic carbocycles. The van der Waals surface area contributed by atoms with Gasteiger partial charge in [0.05, 0.1) is 17.9 Å². The van der Waals surface area contributed by atoms with Crippen LogP contribution in [-0.4, -0.2) is 46.4 Å². The third-order valence-corrected chi connectivity index (χ3v) is 4.39. The fourth-order valence-corrected chi connectivity index (χ4v) is 3.09. The standard InChI is InChI=1S/C20H24N4O3/c1-3-27-19(26)15-9-5-6-10-16(15)22-20-21-14(2)13-17(23-20)18(25)24-11-7-4-8-12-24/h5-6,9-10,13H,3-4,7-8,11-12H2,1-2H3,(H,21,22,23). The number of hydrogen-bond donors (Lipinski definition) is 1. The summed E-state index contributed by atoms with van der Waals surface area (Å²) in [6, 6.07) is 8.69.